The van der Waals surface area contributed by atoms with E-state index in [0.717, 1.165) is 48.4 Å². The summed E-state index contributed by atoms with van der Waals surface area (Å²) in [6.45, 7) is 9.55. The van der Waals surface area contributed by atoms with Gasteiger partial charge in [0.2, 0.25) is 0 Å². The van der Waals surface area contributed by atoms with E-state index in [1.54, 1.807) is 0 Å². The van der Waals surface area contributed by atoms with Crippen molar-refractivity contribution in [2.45, 2.75) is 58.3 Å². The van der Waals surface area contributed by atoms with Gasteiger partial charge < -0.3 is 14.2 Å². The van der Waals surface area contributed by atoms with Crippen molar-refractivity contribution in [1.29, 1.82) is 0 Å². The third kappa shape index (κ3) is 9.28. The first kappa shape index (κ1) is 19.3. The van der Waals surface area contributed by atoms with Crippen molar-refractivity contribution >= 4 is 16.2 Å². The SMILES string of the molecule is C=C(C(=O)OCCC[SiH3])C(OCCCC)OCCCC. The number of hydrogen-bond acceptors (Lipinski definition) is 4. The fourth-order valence-electron chi connectivity index (χ4n) is 1.42. The molecular weight excluding hydrogens is 272 g/mol. The molecular formula is C15H30O4Si. The second-order valence-corrected chi connectivity index (χ2v) is 5.80. The Morgan fingerprint density at radius 3 is 2.05 bits per heavy atom. The molecule has 0 rings (SSSR count). The van der Waals surface area contributed by atoms with E-state index in [-0.39, 0.29) is 5.57 Å². The number of esters is 1. The van der Waals surface area contributed by atoms with E-state index in [1.165, 1.54) is 0 Å². The van der Waals surface area contributed by atoms with Gasteiger partial charge in [0.25, 0.3) is 0 Å². The lowest BCUT2D eigenvalue weighted by Gasteiger charge is -2.19. The van der Waals surface area contributed by atoms with Crippen molar-refractivity contribution in [3.63, 3.8) is 0 Å². The number of rotatable bonds is 13. The van der Waals surface area contributed by atoms with Crippen LogP contribution in [0.3, 0.4) is 0 Å². The molecule has 20 heavy (non-hydrogen) atoms. The van der Waals surface area contributed by atoms with Gasteiger partial charge in [0, 0.05) is 10.2 Å². The summed E-state index contributed by atoms with van der Waals surface area (Å²) in [6.07, 6.45) is 4.21. The van der Waals surface area contributed by atoms with Gasteiger partial charge in [-0.1, -0.05) is 39.3 Å². The van der Waals surface area contributed by atoms with Crippen LogP contribution in [-0.2, 0) is 19.0 Å². The summed E-state index contributed by atoms with van der Waals surface area (Å²) in [6, 6.07) is 1.13. The van der Waals surface area contributed by atoms with Gasteiger partial charge in [-0.3, -0.25) is 0 Å². The molecule has 0 fully saturated rings. The predicted octanol–water partition coefficient (Wildman–Crippen LogP) is 2.22. The van der Waals surface area contributed by atoms with Crippen molar-refractivity contribution in [2.24, 2.45) is 0 Å². The van der Waals surface area contributed by atoms with Crippen LogP contribution in [0.2, 0.25) is 6.04 Å². The molecule has 0 aromatic carbocycles. The summed E-state index contributed by atoms with van der Waals surface area (Å²) in [5.74, 6) is -0.405. The fourth-order valence-corrected chi connectivity index (χ4v) is 1.71. The summed E-state index contributed by atoms with van der Waals surface area (Å²) in [5.41, 5.74) is 0.269. The summed E-state index contributed by atoms with van der Waals surface area (Å²) < 4.78 is 16.4. The maximum Gasteiger partial charge on any atom is 0.338 e. The van der Waals surface area contributed by atoms with Crippen LogP contribution in [0.1, 0.15) is 46.0 Å². The Balaban J connectivity index is 4.24. The zero-order chi connectivity index (χ0) is 15.2. The monoisotopic (exact) mass is 302 g/mol. The zero-order valence-corrected chi connectivity index (χ0v) is 15.3. The second kappa shape index (κ2) is 13.3. The van der Waals surface area contributed by atoms with Crippen LogP contribution in [0.4, 0.5) is 0 Å². The highest BCUT2D eigenvalue weighted by molar-refractivity contribution is 6.08. The van der Waals surface area contributed by atoms with E-state index in [9.17, 15) is 4.79 Å². The number of hydrogen-bond donors (Lipinski definition) is 0. The molecule has 0 aliphatic rings. The van der Waals surface area contributed by atoms with Crippen molar-refractivity contribution in [3.8, 4) is 0 Å². The van der Waals surface area contributed by atoms with Crippen LogP contribution in [0, 0.1) is 0 Å². The quantitative estimate of drug-likeness (QED) is 0.172. The highest BCUT2D eigenvalue weighted by atomic mass is 28.1. The molecule has 0 spiro atoms. The topological polar surface area (TPSA) is 44.8 Å². The lowest BCUT2D eigenvalue weighted by molar-refractivity contribution is -0.152. The van der Waals surface area contributed by atoms with Gasteiger partial charge in [-0.15, -0.1) is 0 Å². The molecule has 0 aliphatic carbocycles. The van der Waals surface area contributed by atoms with Gasteiger partial charge in [0.05, 0.1) is 25.4 Å². The van der Waals surface area contributed by atoms with Gasteiger partial charge >= 0.3 is 5.97 Å². The molecule has 0 N–H and O–H groups in total. The Bertz CT molecular complexity index is 259. The van der Waals surface area contributed by atoms with Crippen LogP contribution in [0.25, 0.3) is 0 Å². The van der Waals surface area contributed by atoms with Crippen molar-refractivity contribution in [1.82, 2.24) is 0 Å². The molecule has 0 amide bonds. The number of carbonyl (C=O) groups excluding carboxylic acids is 1. The van der Waals surface area contributed by atoms with Gasteiger partial charge in [-0.25, -0.2) is 4.79 Å². The Hall–Kier alpha value is -0.653. The fraction of sp³-hybridized carbons (Fsp3) is 0.800. The van der Waals surface area contributed by atoms with E-state index in [4.69, 9.17) is 14.2 Å². The summed E-state index contributed by atoms with van der Waals surface area (Å²) in [5, 5.41) is 0. The summed E-state index contributed by atoms with van der Waals surface area (Å²) in [4.78, 5) is 11.9. The molecule has 0 aromatic rings. The first-order valence-electron chi connectivity index (χ1n) is 7.76. The van der Waals surface area contributed by atoms with Crippen molar-refractivity contribution in [3.05, 3.63) is 12.2 Å². The van der Waals surface area contributed by atoms with Gasteiger partial charge in [-0.05, 0) is 19.3 Å². The van der Waals surface area contributed by atoms with Gasteiger partial charge in [0.1, 0.15) is 0 Å². The molecule has 0 unspecified atom stereocenters. The minimum Gasteiger partial charge on any atom is -0.462 e. The largest absolute Gasteiger partial charge is 0.462 e. The van der Waals surface area contributed by atoms with Crippen LogP contribution in [0.15, 0.2) is 12.2 Å². The molecule has 0 atom stereocenters. The molecule has 5 heteroatoms. The molecule has 0 aromatic heterocycles. The van der Waals surface area contributed by atoms with E-state index >= 15 is 0 Å². The Kier molecular flexibility index (Phi) is 12.9. The molecule has 0 heterocycles. The normalized spacial score (nSPS) is 10.9. The number of carbonyl (C=O) groups is 1. The van der Waals surface area contributed by atoms with E-state index in [0.29, 0.717) is 19.8 Å². The average molecular weight is 302 g/mol. The second-order valence-electron chi connectivity index (χ2n) is 4.80. The average Bonchev–Trinajstić information content (AvgIpc) is 2.45. The first-order valence-corrected chi connectivity index (χ1v) is 9.17. The molecule has 4 nitrogen and oxygen atoms in total. The Morgan fingerprint density at radius 2 is 1.60 bits per heavy atom. The Morgan fingerprint density at radius 1 is 1.05 bits per heavy atom. The molecule has 118 valence electrons. The third-order valence-electron chi connectivity index (χ3n) is 2.81. The summed E-state index contributed by atoms with van der Waals surface area (Å²) >= 11 is 0. The van der Waals surface area contributed by atoms with E-state index in [1.807, 2.05) is 0 Å². The molecule has 0 bridgehead atoms. The predicted molar refractivity (Wildman–Crippen MR) is 85.0 cm³/mol. The zero-order valence-electron chi connectivity index (χ0n) is 13.3. The molecule has 0 saturated carbocycles. The smallest absolute Gasteiger partial charge is 0.338 e. The Labute approximate surface area is 126 Å². The molecule has 0 saturated heterocycles. The van der Waals surface area contributed by atoms with Gasteiger partial charge in [0.15, 0.2) is 6.29 Å². The van der Waals surface area contributed by atoms with Crippen LogP contribution in [-0.4, -0.2) is 42.3 Å². The van der Waals surface area contributed by atoms with Crippen LogP contribution in [0.5, 0.6) is 0 Å². The lowest BCUT2D eigenvalue weighted by Crippen LogP contribution is -2.26. The highest BCUT2D eigenvalue weighted by Crippen LogP contribution is 2.11. The third-order valence-corrected chi connectivity index (χ3v) is 3.52. The molecule has 0 aliphatic heterocycles. The molecule has 0 radical (unpaired) electrons. The van der Waals surface area contributed by atoms with Crippen LogP contribution >= 0.6 is 0 Å². The van der Waals surface area contributed by atoms with Crippen molar-refractivity contribution in [2.75, 3.05) is 19.8 Å². The lowest BCUT2D eigenvalue weighted by atomic mass is 10.3. The minimum atomic E-state index is -0.670. The standard InChI is InChI=1S/C15H30O4Si/c1-4-6-9-18-15(19-10-7-5-2)13(3)14(16)17-11-8-12-20/h15H,3-12H2,1-2,20H3. The van der Waals surface area contributed by atoms with Gasteiger partial charge in [-0.2, -0.15) is 0 Å². The van der Waals surface area contributed by atoms with Crippen LogP contribution < -0.4 is 0 Å². The van der Waals surface area contributed by atoms with E-state index < -0.39 is 12.3 Å². The summed E-state index contributed by atoms with van der Waals surface area (Å²) in [7, 11) is 1.13. The van der Waals surface area contributed by atoms with Crippen molar-refractivity contribution < 1.29 is 19.0 Å². The van der Waals surface area contributed by atoms with E-state index in [2.05, 4.69) is 20.4 Å². The maximum absolute atomic E-state index is 11.9. The first-order chi connectivity index (χ1) is 9.67. The highest BCUT2D eigenvalue weighted by Gasteiger charge is 2.21. The number of ether oxygens (including phenoxy) is 3. The number of unbranched alkanes of at least 4 members (excludes halogenated alkanes) is 2. The minimum absolute atomic E-state index is 0.269. The maximum atomic E-state index is 11.9.